The molecule has 0 saturated carbocycles. The Morgan fingerprint density at radius 3 is 2.88 bits per heavy atom. The van der Waals surface area contributed by atoms with E-state index in [9.17, 15) is 14.0 Å². The number of halogens is 1. The van der Waals surface area contributed by atoms with Crippen molar-refractivity contribution in [3.8, 4) is 0 Å². The molecule has 2 fully saturated rings. The van der Waals surface area contributed by atoms with Crippen LogP contribution < -0.4 is 0 Å². The molecule has 1 atom stereocenters. The van der Waals surface area contributed by atoms with E-state index in [0.717, 1.165) is 44.3 Å². The lowest BCUT2D eigenvalue weighted by atomic mass is 10.0. The van der Waals surface area contributed by atoms with Gasteiger partial charge >= 0.3 is 0 Å². The molecular weight excluding hydrogens is 319 g/mol. The lowest BCUT2D eigenvalue weighted by Crippen LogP contribution is -2.49. The Labute approximate surface area is 148 Å². The van der Waals surface area contributed by atoms with Gasteiger partial charge in [-0.25, -0.2) is 4.39 Å². The van der Waals surface area contributed by atoms with Gasteiger partial charge in [-0.1, -0.05) is 24.3 Å². The quantitative estimate of drug-likeness (QED) is 0.823. The Morgan fingerprint density at radius 2 is 2.12 bits per heavy atom. The molecule has 2 aliphatic rings. The van der Waals surface area contributed by atoms with Crippen LogP contribution >= 0.6 is 0 Å². The molecule has 4 nitrogen and oxygen atoms in total. The molecule has 5 heteroatoms. The molecule has 2 saturated heterocycles. The summed E-state index contributed by atoms with van der Waals surface area (Å²) >= 11 is 0. The van der Waals surface area contributed by atoms with Crippen molar-refractivity contribution in [3.63, 3.8) is 0 Å². The fraction of sp³-hybridized carbons (Fsp3) is 0.500. The van der Waals surface area contributed by atoms with Crippen LogP contribution in [0.4, 0.5) is 4.39 Å². The second-order valence-electron chi connectivity index (χ2n) is 6.84. The van der Waals surface area contributed by atoms with Gasteiger partial charge in [0.15, 0.2) is 0 Å². The van der Waals surface area contributed by atoms with Crippen LogP contribution in [0.2, 0.25) is 0 Å². The average molecular weight is 344 g/mol. The number of nitrogens with zero attached hydrogens (tertiary/aromatic N) is 2. The molecule has 0 N–H and O–H groups in total. The first-order valence-electron chi connectivity index (χ1n) is 9.13. The molecule has 134 valence electrons. The topological polar surface area (TPSA) is 40.6 Å². The number of benzene rings is 1. The first-order valence-corrected chi connectivity index (χ1v) is 9.13. The number of piperidine rings is 1. The van der Waals surface area contributed by atoms with Gasteiger partial charge in [0.1, 0.15) is 5.82 Å². The summed E-state index contributed by atoms with van der Waals surface area (Å²) in [7, 11) is 0. The lowest BCUT2D eigenvalue weighted by Gasteiger charge is -2.37. The smallest absolute Gasteiger partial charge is 0.226 e. The molecule has 3 rings (SSSR count). The summed E-state index contributed by atoms with van der Waals surface area (Å²) in [4.78, 5) is 28.3. The highest BCUT2D eigenvalue weighted by molar-refractivity contribution is 5.80. The van der Waals surface area contributed by atoms with Gasteiger partial charge < -0.3 is 9.80 Å². The van der Waals surface area contributed by atoms with Crippen molar-refractivity contribution in [2.45, 2.75) is 44.6 Å². The number of amides is 2. The van der Waals surface area contributed by atoms with Crippen LogP contribution in [0.15, 0.2) is 30.3 Å². The van der Waals surface area contributed by atoms with Crippen LogP contribution in [-0.4, -0.2) is 47.3 Å². The van der Waals surface area contributed by atoms with Crippen molar-refractivity contribution in [2.24, 2.45) is 0 Å². The third kappa shape index (κ3) is 4.68. The summed E-state index contributed by atoms with van der Waals surface area (Å²) in [5.41, 5.74) is 0.755. The molecule has 0 aromatic heterocycles. The van der Waals surface area contributed by atoms with Crippen molar-refractivity contribution < 1.29 is 14.0 Å². The third-order valence-corrected chi connectivity index (χ3v) is 5.00. The zero-order valence-corrected chi connectivity index (χ0v) is 14.5. The molecule has 1 aromatic carbocycles. The highest BCUT2D eigenvalue weighted by Crippen LogP contribution is 2.21. The van der Waals surface area contributed by atoms with Crippen LogP contribution in [0.3, 0.4) is 0 Å². The molecule has 2 aliphatic heterocycles. The average Bonchev–Trinajstić information content (AvgIpc) is 3.00. The predicted molar refractivity (Wildman–Crippen MR) is 95.2 cm³/mol. The van der Waals surface area contributed by atoms with Crippen LogP contribution in [0.1, 0.15) is 44.1 Å². The molecule has 0 bridgehead atoms. The van der Waals surface area contributed by atoms with Crippen molar-refractivity contribution in [1.29, 1.82) is 0 Å². The minimum absolute atomic E-state index is 0.0870. The zero-order chi connectivity index (χ0) is 17.6. The van der Waals surface area contributed by atoms with E-state index in [0.29, 0.717) is 19.4 Å². The van der Waals surface area contributed by atoms with E-state index < -0.39 is 0 Å². The summed E-state index contributed by atoms with van der Waals surface area (Å²) in [6.07, 6.45) is 8.53. The first kappa shape index (κ1) is 17.6. The molecule has 0 unspecified atom stereocenters. The Kier molecular flexibility index (Phi) is 5.84. The minimum Gasteiger partial charge on any atom is -0.341 e. The number of hydrogen-bond acceptors (Lipinski definition) is 2. The number of carbonyl (C=O) groups excluding carboxylic acids is 2. The van der Waals surface area contributed by atoms with Gasteiger partial charge in [-0.05, 0) is 43.4 Å². The first-order chi connectivity index (χ1) is 12.1. The van der Waals surface area contributed by atoms with Gasteiger partial charge in [0, 0.05) is 38.5 Å². The van der Waals surface area contributed by atoms with Gasteiger partial charge in [0.2, 0.25) is 11.8 Å². The fourth-order valence-corrected chi connectivity index (χ4v) is 3.69. The van der Waals surface area contributed by atoms with E-state index in [2.05, 4.69) is 0 Å². The monoisotopic (exact) mass is 344 g/mol. The lowest BCUT2D eigenvalue weighted by molar-refractivity contribution is -0.137. The van der Waals surface area contributed by atoms with Crippen LogP contribution in [0, 0.1) is 5.82 Å². The van der Waals surface area contributed by atoms with Crippen LogP contribution in [-0.2, 0) is 9.59 Å². The Bertz CT molecular complexity index is 659. The Balaban J connectivity index is 1.57. The minimum atomic E-state index is -0.278. The molecule has 25 heavy (non-hydrogen) atoms. The molecule has 0 radical (unpaired) electrons. The molecule has 2 heterocycles. The van der Waals surface area contributed by atoms with E-state index >= 15 is 0 Å². The molecule has 0 spiro atoms. The SMILES string of the molecule is O=C1CCCN1C[C@@H]1CCCCN1C(=O)C/C=C\c1cccc(F)c1. The predicted octanol–water partition coefficient (Wildman–Crippen LogP) is 3.23. The summed E-state index contributed by atoms with van der Waals surface area (Å²) < 4.78 is 13.2. The second-order valence-corrected chi connectivity index (χ2v) is 6.84. The maximum absolute atomic E-state index is 13.2. The van der Waals surface area contributed by atoms with Gasteiger partial charge in [-0.2, -0.15) is 0 Å². The van der Waals surface area contributed by atoms with Crippen molar-refractivity contribution in [3.05, 3.63) is 41.7 Å². The summed E-state index contributed by atoms with van der Waals surface area (Å²) in [6, 6.07) is 6.45. The highest BCUT2D eigenvalue weighted by atomic mass is 19.1. The third-order valence-electron chi connectivity index (χ3n) is 5.00. The summed E-state index contributed by atoms with van der Waals surface area (Å²) in [5.74, 6) is 0.0211. The number of rotatable bonds is 5. The van der Waals surface area contributed by atoms with Gasteiger partial charge in [-0.15, -0.1) is 0 Å². The Hall–Kier alpha value is -2.17. The number of likely N-dealkylation sites (tertiary alicyclic amines) is 2. The van der Waals surface area contributed by atoms with Crippen LogP contribution in [0.25, 0.3) is 6.08 Å². The molecule has 1 aromatic rings. The summed E-state index contributed by atoms with van der Waals surface area (Å²) in [5, 5.41) is 0. The maximum Gasteiger partial charge on any atom is 0.226 e. The largest absolute Gasteiger partial charge is 0.341 e. The van der Waals surface area contributed by atoms with Gasteiger partial charge in [0.05, 0.1) is 0 Å². The molecular formula is C20H25FN2O2. The Morgan fingerprint density at radius 1 is 1.24 bits per heavy atom. The summed E-state index contributed by atoms with van der Waals surface area (Å²) in [6.45, 7) is 2.24. The number of hydrogen-bond donors (Lipinski definition) is 0. The van der Waals surface area contributed by atoms with Crippen molar-refractivity contribution in [2.75, 3.05) is 19.6 Å². The molecule has 0 aliphatic carbocycles. The van der Waals surface area contributed by atoms with Gasteiger partial charge in [0.25, 0.3) is 0 Å². The van der Waals surface area contributed by atoms with Crippen molar-refractivity contribution >= 4 is 17.9 Å². The van der Waals surface area contributed by atoms with E-state index in [1.807, 2.05) is 15.9 Å². The van der Waals surface area contributed by atoms with E-state index in [-0.39, 0.29) is 23.7 Å². The normalized spacial score (nSPS) is 21.3. The van der Waals surface area contributed by atoms with E-state index in [4.69, 9.17) is 0 Å². The van der Waals surface area contributed by atoms with Crippen molar-refractivity contribution in [1.82, 2.24) is 9.80 Å². The zero-order valence-electron chi connectivity index (χ0n) is 14.5. The van der Waals surface area contributed by atoms with E-state index in [1.54, 1.807) is 18.2 Å². The molecule has 2 amide bonds. The number of carbonyl (C=O) groups is 2. The maximum atomic E-state index is 13.2. The highest BCUT2D eigenvalue weighted by Gasteiger charge is 2.30. The van der Waals surface area contributed by atoms with E-state index in [1.165, 1.54) is 12.1 Å². The van der Waals surface area contributed by atoms with Gasteiger partial charge in [-0.3, -0.25) is 9.59 Å². The standard InChI is InChI=1S/C20H25FN2O2/c21-17-8-3-6-16(14-17)7-4-10-20(25)23-13-2-1-9-18(23)15-22-12-5-11-19(22)24/h3-4,6-8,14,18H,1-2,5,9-13,15H2/b7-4-/t18-/m0/s1. The fourth-order valence-electron chi connectivity index (χ4n) is 3.69. The second kappa shape index (κ2) is 8.28. The van der Waals surface area contributed by atoms with Crippen LogP contribution in [0.5, 0.6) is 0 Å².